The van der Waals surface area contributed by atoms with Crippen molar-refractivity contribution in [2.75, 3.05) is 13.2 Å². The second kappa shape index (κ2) is 9.18. The molecule has 1 aliphatic heterocycles. The lowest BCUT2D eigenvalue weighted by atomic mass is 10.0. The van der Waals surface area contributed by atoms with Crippen molar-refractivity contribution in [2.24, 2.45) is 0 Å². The fourth-order valence-corrected chi connectivity index (χ4v) is 4.16. The van der Waals surface area contributed by atoms with Crippen molar-refractivity contribution in [1.29, 1.82) is 0 Å². The first-order valence-electron chi connectivity index (χ1n) is 9.60. The number of hydrogen-bond acceptors (Lipinski definition) is 4. The Hall–Kier alpha value is -2.38. The second-order valence-corrected chi connectivity index (χ2v) is 8.36. The summed E-state index contributed by atoms with van der Waals surface area (Å²) in [6, 6.07) is 11.6. The largest absolute Gasteiger partial charge is 0.492 e. The van der Waals surface area contributed by atoms with E-state index < -0.39 is 0 Å². The summed E-state index contributed by atoms with van der Waals surface area (Å²) in [6.07, 6.45) is 1.63. The highest BCUT2D eigenvalue weighted by molar-refractivity contribution is 9.10. The molecule has 2 aromatic carbocycles. The van der Waals surface area contributed by atoms with Crippen LogP contribution in [0, 0.1) is 5.82 Å². The molecule has 1 aliphatic rings. The third kappa shape index (κ3) is 4.68. The molecule has 4 rings (SSSR count). The summed E-state index contributed by atoms with van der Waals surface area (Å²) in [4.78, 5) is 14.4. The molecular formula is C22H19BrClFN2O3. The van der Waals surface area contributed by atoms with Crippen LogP contribution in [0.1, 0.15) is 24.1 Å². The van der Waals surface area contributed by atoms with Crippen LogP contribution in [0.5, 0.6) is 5.75 Å². The van der Waals surface area contributed by atoms with Crippen LogP contribution in [0.15, 0.2) is 51.5 Å². The lowest BCUT2D eigenvalue weighted by molar-refractivity contribution is -0.132. The van der Waals surface area contributed by atoms with Gasteiger partial charge in [-0.1, -0.05) is 32.7 Å². The van der Waals surface area contributed by atoms with Gasteiger partial charge in [0.15, 0.2) is 5.76 Å². The Morgan fingerprint density at radius 3 is 2.83 bits per heavy atom. The number of carbonyl (C=O) groups excluding carboxylic acids is 1. The second-order valence-electron chi connectivity index (χ2n) is 7.04. The molecular weight excluding hydrogens is 475 g/mol. The molecule has 0 saturated heterocycles. The molecule has 0 aliphatic carbocycles. The zero-order chi connectivity index (χ0) is 21.1. The number of carbonyl (C=O) groups is 1. The molecule has 1 aromatic heterocycles. The quantitative estimate of drug-likeness (QED) is 0.417. The summed E-state index contributed by atoms with van der Waals surface area (Å²) >= 11 is 9.48. The Morgan fingerprint density at radius 2 is 2.07 bits per heavy atom. The van der Waals surface area contributed by atoms with Crippen molar-refractivity contribution in [1.82, 2.24) is 10.1 Å². The number of hydrogen-bond donors (Lipinski definition) is 0. The molecule has 8 heteroatoms. The van der Waals surface area contributed by atoms with Crippen LogP contribution >= 0.6 is 27.5 Å². The minimum Gasteiger partial charge on any atom is -0.492 e. The van der Waals surface area contributed by atoms with Crippen LogP contribution < -0.4 is 4.74 Å². The van der Waals surface area contributed by atoms with Crippen LogP contribution in [0.3, 0.4) is 0 Å². The van der Waals surface area contributed by atoms with Gasteiger partial charge < -0.3 is 14.2 Å². The highest BCUT2D eigenvalue weighted by atomic mass is 79.9. The van der Waals surface area contributed by atoms with E-state index in [1.54, 1.807) is 29.2 Å². The maximum Gasteiger partial charge on any atom is 0.223 e. The molecule has 0 bridgehead atoms. The summed E-state index contributed by atoms with van der Waals surface area (Å²) in [7, 11) is 0. The zero-order valence-corrected chi connectivity index (χ0v) is 18.4. The van der Waals surface area contributed by atoms with Crippen LogP contribution in [0.4, 0.5) is 4.39 Å². The summed E-state index contributed by atoms with van der Waals surface area (Å²) in [6.45, 7) is 1.42. The van der Waals surface area contributed by atoms with Crippen molar-refractivity contribution in [3.63, 3.8) is 0 Å². The molecule has 5 nitrogen and oxygen atoms in total. The third-order valence-corrected chi connectivity index (χ3v) is 5.78. The van der Waals surface area contributed by atoms with E-state index in [-0.39, 0.29) is 11.7 Å². The molecule has 0 fully saturated rings. The van der Waals surface area contributed by atoms with Crippen molar-refractivity contribution < 1.29 is 18.4 Å². The monoisotopic (exact) mass is 492 g/mol. The van der Waals surface area contributed by atoms with Gasteiger partial charge in [0, 0.05) is 28.6 Å². The van der Waals surface area contributed by atoms with Gasteiger partial charge in [-0.25, -0.2) is 4.39 Å². The molecule has 0 saturated carbocycles. The molecule has 3 aromatic rings. The number of amides is 1. The highest BCUT2D eigenvalue weighted by Gasteiger charge is 2.27. The maximum absolute atomic E-state index is 13.2. The molecule has 2 heterocycles. The van der Waals surface area contributed by atoms with Gasteiger partial charge in [0.25, 0.3) is 0 Å². The van der Waals surface area contributed by atoms with E-state index in [2.05, 4.69) is 21.1 Å². The van der Waals surface area contributed by atoms with E-state index in [0.29, 0.717) is 55.5 Å². The molecule has 1 amide bonds. The number of benzene rings is 2. The Kier molecular flexibility index (Phi) is 6.39. The van der Waals surface area contributed by atoms with Crippen LogP contribution in [0.25, 0.3) is 11.3 Å². The predicted molar refractivity (Wildman–Crippen MR) is 115 cm³/mol. The molecule has 0 unspecified atom stereocenters. The van der Waals surface area contributed by atoms with Gasteiger partial charge in [0.2, 0.25) is 5.91 Å². The SMILES string of the molecule is O=C(CCCOc1ccc(Br)cc1Cl)N1CCc2c(noc2-c2ccc(F)cc2)C1. The predicted octanol–water partition coefficient (Wildman–Crippen LogP) is 5.64. The van der Waals surface area contributed by atoms with Gasteiger partial charge >= 0.3 is 0 Å². The van der Waals surface area contributed by atoms with Gasteiger partial charge in [0.05, 0.1) is 18.2 Å². The topological polar surface area (TPSA) is 55.6 Å². The minimum atomic E-state index is -0.296. The van der Waals surface area contributed by atoms with E-state index in [9.17, 15) is 9.18 Å². The summed E-state index contributed by atoms with van der Waals surface area (Å²) < 4.78 is 25.2. The number of halogens is 3. The number of ether oxygens (including phenoxy) is 1. The normalized spacial score (nSPS) is 13.2. The van der Waals surface area contributed by atoms with E-state index >= 15 is 0 Å². The average molecular weight is 494 g/mol. The molecule has 0 spiro atoms. The Bertz CT molecular complexity index is 1060. The average Bonchev–Trinajstić information content (AvgIpc) is 3.16. The highest BCUT2D eigenvalue weighted by Crippen LogP contribution is 2.31. The van der Waals surface area contributed by atoms with E-state index in [1.165, 1.54) is 12.1 Å². The molecule has 0 radical (unpaired) electrons. The minimum absolute atomic E-state index is 0.0532. The zero-order valence-electron chi connectivity index (χ0n) is 16.0. The Morgan fingerprint density at radius 1 is 1.27 bits per heavy atom. The maximum atomic E-state index is 13.2. The van der Waals surface area contributed by atoms with Gasteiger partial charge in [0.1, 0.15) is 17.3 Å². The number of aromatic nitrogens is 1. The fraction of sp³-hybridized carbons (Fsp3) is 0.273. The first kappa shape index (κ1) is 20.9. The first-order valence-corrected chi connectivity index (χ1v) is 10.8. The van der Waals surface area contributed by atoms with Gasteiger partial charge in [-0.3, -0.25) is 4.79 Å². The first-order chi connectivity index (χ1) is 14.5. The molecule has 0 atom stereocenters. The van der Waals surface area contributed by atoms with E-state index in [1.807, 2.05) is 6.07 Å². The smallest absolute Gasteiger partial charge is 0.223 e. The van der Waals surface area contributed by atoms with E-state index in [0.717, 1.165) is 21.3 Å². The summed E-state index contributed by atoms with van der Waals surface area (Å²) in [5.41, 5.74) is 2.53. The van der Waals surface area contributed by atoms with Crippen LogP contribution in [-0.4, -0.2) is 29.1 Å². The lowest BCUT2D eigenvalue weighted by Crippen LogP contribution is -2.36. The Balaban J connectivity index is 1.30. The van der Waals surface area contributed by atoms with Crippen LogP contribution in [0.2, 0.25) is 5.02 Å². The Labute approximate surface area is 186 Å². The van der Waals surface area contributed by atoms with Gasteiger partial charge in [-0.2, -0.15) is 0 Å². The summed E-state index contributed by atoms with van der Waals surface area (Å²) in [5, 5.41) is 4.67. The van der Waals surface area contributed by atoms with Crippen LogP contribution in [-0.2, 0) is 17.8 Å². The standard InChI is InChI=1S/C22H19BrClFN2O3/c23-15-5-8-20(18(24)12-15)29-11-1-2-21(28)27-10-9-17-19(13-27)26-30-22(17)14-3-6-16(25)7-4-14/h3-8,12H,1-2,9-11,13H2. The number of nitrogens with zero attached hydrogens (tertiary/aromatic N) is 2. The molecule has 30 heavy (non-hydrogen) atoms. The lowest BCUT2D eigenvalue weighted by Gasteiger charge is -2.26. The van der Waals surface area contributed by atoms with Gasteiger partial charge in [-0.05, 0) is 55.3 Å². The number of fused-ring (bicyclic) bond motifs is 1. The summed E-state index contributed by atoms with van der Waals surface area (Å²) in [5.74, 6) is 1.01. The number of rotatable bonds is 6. The molecule has 0 N–H and O–H groups in total. The van der Waals surface area contributed by atoms with Gasteiger partial charge in [-0.15, -0.1) is 0 Å². The van der Waals surface area contributed by atoms with Crippen molar-refractivity contribution >= 4 is 33.4 Å². The molecule has 156 valence electrons. The van der Waals surface area contributed by atoms with Crippen molar-refractivity contribution in [2.45, 2.75) is 25.8 Å². The fourth-order valence-electron chi connectivity index (χ4n) is 3.43. The third-order valence-electron chi connectivity index (χ3n) is 4.99. The van der Waals surface area contributed by atoms with Crippen molar-refractivity contribution in [3.05, 3.63) is 69.0 Å². The van der Waals surface area contributed by atoms with Crippen molar-refractivity contribution in [3.8, 4) is 17.1 Å². The van der Waals surface area contributed by atoms with E-state index in [4.69, 9.17) is 20.9 Å².